The molecule has 0 aliphatic carbocycles. The second-order valence-electron chi connectivity index (χ2n) is 6.93. The van der Waals surface area contributed by atoms with Gasteiger partial charge in [-0.15, -0.1) is 35.0 Å². The molecule has 2 atom stereocenters. The highest BCUT2D eigenvalue weighted by Gasteiger charge is 2.22. The Morgan fingerprint density at radius 1 is 1.00 bits per heavy atom. The van der Waals surface area contributed by atoms with Gasteiger partial charge in [-0.2, -0.15) is 0 Å². The number of hydrogen-bond acceptors (Lipinski definition) is 5. The van der Waals surface area contributed by atoms with Crippen LogP contribution in [0.25, 0.3) is 0 Å². The van der Waals surface area contributed by atoms with E-state index in [9.17, 15) is 14.4 Å². The Kier molecular flexibility index (Phi) is 11.4. The van der Waals surface area contributed by atoms with Crippen molar-refractivity contribution in [2.45, 2.75) is 30.0 Å². The van der Waals surface area contributed by atoms with Gasteiger partial charge in [-0.25, -0.2) is 4.79 Å². The van der Waals surface area contributed by atoms with E-state index in [4.69, 9.17) is 27.9 Å². The smallest absolute Gasteiger partial charge is 0.328 e. The van der Waals surface area contributed by atoms with Gasteiger partial charge in [0.25, 0.3) is 0 Å². The molecule has 0 aliphatic heterocycles. The topological polar surface area (TPSA) is 84.5 Å². The van der Waals surface area contributed by atoms with Crippen LogP contribution in [0.15, 0.2) is 54.6 Å². The molecule has 0 saturated carbocycles. The van der Waals surface area contributed by atoms with E-state index in [0.29, 0.717) is 23.7 Å². The third kappa shape index (κ3) is 9.51. The Hall–Kier alpha value is -2.22. The third-order valence-corrected chi connectivity index (χ3v) is 6.34. The van der Waals surface area contributed by atoms with Crippen molar-refractivity contribution in [2.75, 3.05) is 24.1 Å². The van der Waals surface area contributed by atoms with Crippen LogP contribution in [0.1, 0.15) is 17.5 Å². The van der Waals surface area contributed by atoms with Crippen molar-refractivity contribution in [2.24, 2.45) is 0 Å². The van der Waals surface area contributed by atoms with Crippen LogP contribution in [0.5, 0.6) is 0 Å². The lowest BCUT2D eigenvalue weighted by Crippen LogP contribution is -2.43. The summed E-state index contributed by atoms with van der Waals surface area (Å²) in [5.41, 5.74) is 2.28. The Bertz CT molecular complexity index is 881. The minimum Gasteiger partial charge on any atom is -0.467 e. The SMILES string of the molecule is COC(=O)C(Cc1ccccc1)NC(=O)Cc1ccc(NC(=O)CC(Cl)SCCCl)cc1. The summed E-state index contributed by atoms with van der Waals surface area (Å²) >= 11 is 13.1. The fourth-order valence-electron chi connectivity index (χ4n) is 2.91. The van der Waals surface area contributed by atoms with Gasteiger partial charge >= 0.3 is 5.97 Å². The number of hydrogen-bond donors (Lipinski definition) is 2. The lowest BCUT2D eigenvalue weighted by atomic mass is 10.1. The molecule has 9 heteroatoms. The lowest BCUT2D eigenvalue weighted by molar-refractivity contribution is -0.145. The van der Waals surface area contributed by atoms with Gasteiger partial charge in [0.1, 0.15) is 6.04 Å². The van der Waals surface area contributed by atoms with Crippen molar-refractivity contribution >= 4 is 58.4 Å². The number of carbonyl (C=O) groups excluding carboxylic acids is 3. The number of amides is 2. The van der Waals surface area contributed by atoms with Crippen LogP contribution < -0.4 is 10.6 Å². The lowest BCUT2D eigenvalue weighted by Gasteiger charge is -2.17. The molecule has 0 spiro atoms. The molecular weight excluding hydrogens is 471 g/mol. The molecule has 0 heterocycles. The number of benzene rings is 2. The average Bonchev–Trinajstić information content (AvgIpc) is 2.78. The van der Waals surface area contributed by atoms with Gasteiger partial charge < -0.3 is 15.4 Å². The molecule has 2 amide bonds. The molecule has 2 aromatic rings. The molecule has 2 N–H and O–H groups in total. The number of anilines is 1. The number of rotatable bonds is 12. The summed E-state index contributed by atoms with van der Waals surface area (Å²) in [6, 6.07) is 15.6. The first-order chi connectivity index (χ1) is 15.4. The molecule has 2 unspecified atom stereocenters. The van der Waals surface area contributed by atoms with E-state index in [0.717, 1.165) is 11.1 Å². The Morgan fingerprint density at radius 2 is 1.69 bits per heavy atom. The summed E-state index contributed by atoms with van der Waals surface area (Å²) in [6.45, 7) is 0. The minimum atomic E-state index is -0.770. The van der Waals surface area contributed by atoms with E-state index < -0.39 is 12.0 Å². The van der Waals surface area contributed by atoms with Crippen LogP contribution >= 0.6 is 35.0 Å². The Labute approximate surface area is 202 Å². The molecule has 0 bridgehead atoms. The number of nitrogens with one attached hydrogen (secondary N) is 2. The van der Waals surface area contributed by atoms with E-state index in [1.165, 1.54) is 18.9 Å². The van der Waals surface area contributed by atoms with Crippen molar-refractivity contribution in [3.05, 3.63) is 65.7 Å². The van der Waals surface area contributed by atoms with Crippen LogP contribution in [-0.4, -0.2) is 47.3 Å². The van der Waals surface area contributed by atoms with Gasteiger partial charge in [0.05, 0.1) is 24.7 Å². The molecule has 2 aromatic carbocycles. The molecule has 0 aliphatic rings. The molecular formula is C23H26Cl2N2O4S. The van der Waals surface area contributed by atoms with E-state index in [2.05, 4.69) is 10.6 Å². The van der Waals surface area contributed by atoms with Gasteiger partial charge in [0.2, 0.25) is 11.8 Å². The molecule has 172 valence electrons. The first-order valence-electron chi connectivity index (χ1n) is 10.0. The average molecular weight is 497 g/mol. The molecule has 32 heavy (non-hydrogen) atoms. The standard InChI is InChI=1S/C23H26Cl2N2O4S/c1-31-23(30)19(13-16-5-3-2-4-6-16)27-21(28)14-17-7-9-18(10-8-17)26-22(29)15-20(25)32-12-11-24/h2-10,19-20H,11-15H2,1H3,(H,26,29)(H,27,28). The zero-order valence-electron chi connectivity index (χ0n) is 17.7. The number of carbonyl (C=O) groups is 3. The van der Waals surface area contributed by atoms with Crippen molar-refractivity contribution in [3.63, 3.8) is 0 Å². The zero-order chi connectivity index (χ0) is 23.3. The summed E-state index contributed by atoms with van der Waals surface area (Å²) in [4.78, 5) is 36.6. The summed E-state index contributed by atoms with van der Waals surface area (Å²) in [5, 5.41) is 5.52. The Morgan fingerprint density at radius 3 is 2.31 bits per heavy atom. The summed E-state index contributed by atoms with van der Waals surface area (Å²) in [7, 11) is 1.29. The van der Waals surface area contributed by atoms with Gasteiger partial charge in [-0.1, -0.05) is 42.5 Å². The second kappa shape index (κ2) is 14.0. The zero-order valence-corrected chi connectivity index (χ0v) is 20.0. The summed E-state index contributed by atoms with van der Waals surface area (Å²) < 4.78 is 4.49. The predicted molar refractivity (Wildman–Crippen MR) is 130 cm³/mol. The molecule has 2 rings (SSSR count). The highest BCUT2D eigenvalue weighted by molar-refractivity contribution is 8.01. The number of methoxy groups -OCH3 is 1. The van der Waals surface area contributed by atoms with E-state index >= 15 is 0 Å². The fourth-order valence-corrected chi connectivity index (χ4v) is 4.20. The molecule has 6 nitrogen and oxygen atoms in total. The second-order valence-corrected chi connectivity index (χ2v) is 9.40. The van der Waals surface area contributed by atoms with Crippen LogP contribution in [0, 0.1) is 0 Å². The van der Waals surface area contributed by atoms with Crippen molar-refractivity contribution in [3.8, 4) is 0 Å². The highest BCUT2D eigenvalue weighted by Crippen LogP contribution is 2.20. The first-order valence-corrected chi connectivity index (χ1v) is 12.0. The fraction of sp³-hybridized carbons (Fsp3) is 0.348. The van der Waals surface area contributed by atoms with Crippen LogP contribution in [0.4, 0.5) is 5.69 Å². The summed E-state index contributed by atoms with van der Waals surface area (Å²) in [6.07, 6.45) is 0.605. The highest BCUT2D eigenvalue weighted by atomic mass is 35.5. The van der Waals surface area contributed by atoms with E-state index in [1.54, 1.807) is 24.3 Å². The number of thioether (sulfide) groups is 1. The van der Waals surface area contributed by atoms with Crippen molar-refractivity contribution in [1.82, 2.24) is 5.32 Å². The molecule has 0 fully saturated rings. The van der Waals surface area contributed by atoms with Crippen molar-refractivity contribution in [1.29, 1.82) is 0 Å². The van der Waals surface area contributed by atoms with E-state index in [-0.39, 0.29) is 29.4 Å². The van der Waals surface area contributed by atoms with Gasteiger partial charge in [-0.3, -0.25) is 9.59 Å². The van der Waals surface area contributed by atoms with E-state index in [1.807, 2.05) is 30.3 Å². The third-order valence-electron chi connectivity index (χ3n) is 4.43. The normalized spacial score (nSPS) is 12.5. The van der Waals surface area contributed by atoms with Gasteiger partial charge in [0, 0.05) is 23.7 Å². The first kappa shape index (κ1) is 26.0. The van der Waals surface area contributed by atoms with Crippen LogP contribution in [0.2, 0.25) is 0 Å². The number of ether oxygens (including phenoxy) is 1. The van der Waals surface area contributed by atoms with Crippen molar-refractivity contribution < 1.29 is 19.1 Å². The largest absolute Gasteiger partial charge is 0.467 e. The van der Waals surface area contributed by atoms with Gasteiger partial charge in [0.15, 0.2) is 0 Å². The molecule has 0 aromatic heterocycles. The monoisotopic (exact) mass is 496 g/mol. The van der Waals surface area contributed by atoms with Gasteiger partial charge in [-0.05, 0) is 23.3 Å². The molecule has 0 radical (unpaired) electrons. The molecule has 0 saturated heterocycles. The Balaban J connectivity index is 1.87. The number of halogens is 2. The maximum Gasteiger partial charge on any atom is 0.328 e. The van der Waals surface area contributed by atoms with Crippen LogP contribution in [-0.2, 0) is 32.0 Å². The summed E-state index contributed by atoms with van der Waals surface area (Å²) in [5.74, 6) is 0.176. The number of alkyl halides is 2. The predicted octanol–water partition coefficient (Wildman–Crippen LogP) is 4.00. The quantitative estimate of drug-likeness (QED) is 0.342. The maximum atomic E-state index is 12.5. The maximum absolute atomic E-state index is 12.5. The minimum absolute atomic E-state index is 0.0926. The van der Waals surface area contributed by atoms with Crippen LogP contribution in [0.3, 0.4) is 0 Å². The number of esters is 1.